The van der Waals surface area contributed by atoms with Gasteiger partial charge in [0, 0.05) is 19.0 Å². The van der Waals surface area contributed by atoms with E-state index in [0.29, 0.717) is 6.54 Å². The Morgan fingerprint density at radius 1 is 1.22 bits per heavy atom. The van der Waals surface area contributed by atoms with Gasteiger partial charge in [-0.05, 0) is 44.4 Å². The largest absolute Gasteiger partial charge is 0.355 e. The molecule has 1 aromatic rings. The monoisotopic (exact) mass is 339 g/mol. The van der Waals surface area contributed by atoms with Gasteiger partial charge < -0.3 is 11.1 Å². The first-order chi connectivity index (χ1) is 10.9. The van der Waals surface area contributed by atoms with Crippen molar-refractivity contribution in [2.45, 2.75) is 31.1 Å². The van der Waals surface area contributed by atoms with Crippen LogP contribution in [0.25, 0.3) is 0 Å². The molecule has 2 atom stereocenters. The van der Waals surface area contributed by atoms with Crippen LogP contribution in [0.5, 0.6) is 0 Å². The highest BCUT2D eigenvalue weighted by Gasteiger charge is 2.31. The van der Waals surface area contributed by atoms with E-state index in [1.54, 1.807) is 24.3 Å². The van der Waals surface area contributed by atoms with Crippen LogP contribution in [-0.4, -0.2) is 34.0 Å². The average molecular weight is 339 g/mol. The molecule has 1 fully saturated rings. The second-order valence-electron chi connectivity index (χ2n) is 6.04. The quantitative estimate of drug-likeness (QED) is 0.639. The van der Waals surface area contributed by atoms with E-state index >= 15 is 0 Å². The number of nitrogens with one attached hydrogen (secondary N) is 2. The first-order valence-electron chi connectivity index (χ1n) is 7.98. The summed E-state index contributed by atoms with van der Waals surface area (Å²) >= 11 is 0. The molecule has 7 heteroatoms. The molecule has 1 saturated carbocycles. The minimum atomic E-state index is -3.53. The predicted molar refractivity (Wildman–Crippen MR) is 89.3 cm³/mol. The van der Waals surface area contributed by atoms with Crippen molar-refractivity contribution in [2.75, 3.05) is 19.6 Å². The van der Waals surface area contributed by atoms with Crippen LogP contribution in [0.15, 0.2) is 29.2 Å². The van der Waals surface area contributed by atoms with E-state index in [1.807, 2.05) is 6.92 Å². The minimum absolute atomic E-state index is 0.0208. The van der Waals surface area contributed by atoms with Crippen molar-refractivity contribution in [1.82, 2.24) is 10.0 Å². The Hall–Kier alpha value is -1.44. The molecule has 4 N–H and O–H groups in total. The molecule has 23 heavy (non-hydrogen) atoms. The molecule has 0 spiro atoms. The highest BCUT2D eigenvalue weighted by molar-refractivity contribution is 7.89. The van der Waals surface area contributed by atoms with E-state index in [4.69, 9.17) is 5.73 Å². The number of sulfonamides is 1. The van der Waals surface area contributed by atoms with Gasteiger partial charge in [0.1, 0.15) is 0 Å². The summed E-state index contributed by atoms with van der Waals surface area (Å²) < 4.78 is 26.7. The van der Waals surface area contributed by atoms with Gasteiger partial charge in [0.05, 0.1) is 4.90 Å². The Morgan fingerprint density at radius 3 is 2.57 bits per heavy atom. The van der Waals surface area contributed by atoms with Crippen molar-refractivity contribution in [3.63, 3.8) is 0 Å². The molecule has 1 aliphatic rings. The summed E-state index contributed by atoms with van der Waals surface area (Å²) in [6.45, 7) is 2.87. The molecule has 2 rings (SSSR count). The highest BCUT2D eigenvalue weighted by Crippen LogP contribution is 2.30. The van der Waals surface area contributed by atoms with Gasteiger partial charge in [-0.1, -0.05) is 24.1 Å². The van der Waals surface area contributed by atoms with E-state index < -0.39 is 10.0 Å². The van der Waals surface area contributed by atoms with Gasteiger partial charge in [0.25, 0.3) is 0 Å². The number of rotatable bonds is 7. The second kappa shape index (κ2) is 7.90. The number of carbonyl (C=O) groups is 1. The standard InChI is InChI=1S/C16H25N3O3S/c1-12-5-7-14(8-6-12)23(21,22)19-10-9-18-16(20)15-4-2-3-13(15)11-17/h5-8,13,15,19H,2-4,9-11,17H2,1H3,(H,18,20)/t13-,15-/m1/s1. The lowest BCUT2D eigenvalue weighted by atomic mass is 9.95. The fourth-order valence-corrected chi connectivity index (χ4v) is 4.00. The van der Waals surface area contributed by atoms with Crippen molar-refractivity contribution >= 4 is 15.9 Å². The van der Waals surface area contributed by atoms with Crippen LogP contribution >= 0.6 is 0 Å². The SMILES string of the molecule is Cc1ccc(S(=O)(=O)NCCNC(=O)[C@@H]2CCC[C@@H]2CN)cc1. The summed E-state index contributed by atoms with van der Waals surface area (Å²) in [5, 5.41) is 2.80. The van der Waals surface area contributed by atoms with Crippen LogP contribution in [0.4, 0.5) is 0 Å². The molecule has 0 saturated heterocycles. The number of hydrogen-bond acceptors (Lipinski definition) is 4. The zero-order valence-electron chi connectivity index (χ0n) is 13.4. The molecule has 1 amide bonds. The van der Waals surface area contributed by atoms with E-state index in [-0.39, 0.29) is 35.7 Å². The third-order valence-corrected chi connectivity index (χ3v) is 5.82. The third kappa shape index (κ3) is 4.76. The number of nitrogens with two attached hydrogens (primary N) is 1. The summed E-state index contributed by atoms with van der Waals surface area (Å²) in [5.74, 6) is 0.195. The Labute approximate surface area is 137 Å². The summed E-state index contributed by atoms with van der Waals surface area (Å²) in [4.78, 5) is 12.3. The summed E-state index contributed by atoms with van der Waals surface area (Å²) in [5.41, 5.74) is 6.68. The lowest BCUT2D eigenvalue weighted by molar-refractivity contribution is -0.125. The lowest BCUT2D eigenvalue weighted by Crippen LogP contribution is -2.39. The minimum Gasteiger partial charge on any atom is -0.355 e. The number of amides is 1. The molecular weight excluding hydrogens is 314 g/mol. The van der Waals surface area contributed by atoms with Crippen molar-refractivity contribution < 1.29 is 13.2 Å². The number of carbonyl (C=O) groups excluding carboxylic acids is 1. The molecule has 128 valence electrons. The van der Waals surface area contributed by atoms with Crippen LogP contribution in [0.2, 0.25) is 0 Å². The fraction of sp³-hybridized carbons (Fsp3) is 0.562. The van der Waals surface area contributed by atoms with E-state index in [0.717, 1.165) is 24.8 Å². The van der Waals surface area contributed by atoms with Crippen molar-refractivity contribution in [3.8, 4) is 0 Å². The molecule has 1 aliphatic carbocycles. The molecule has 0 radical (unpaired) electrons. The molecular formula is C16H25N3O3S. The Morgan fingerprint density at radius 2 is 1.91 bits per heavy atom. The lowest BCUT2D eigenvalue weighted by Gasteiger charge is -2.17. The van der Waals surface area contributed by atoms with Crippen LogP contribution in [0, 0.1) is 18.8 Å². The normalized spacial score (nSPS) is 21.3. The fourth-order valence-electron chi connectivity index (χ4n) is 2.97. The van der Waals surface area contributed by atoms with Crippen LogP contribution < -0.4 is 15.8 Å². The Bertz CT molecular complexity index is 628. The van der Waals surface area contributed by atoms with Crippen molar-refractivity contribution in [2.24, 2.45) is 17.6 Å². The van der Waals surface area contributed by atoms with Gasteiger partial charge in [0.2, 0.25) is 15.9 Å². The Kier molecular flexibility index (Phi) is 6.15. The molecule has 6 nitrogen and oxygen atoms in total. The molecule has 0 unspecified atom stereocenters. The number of hydrogen-bond donors (Lipinski definition) is 3. The van der Waals surface area contributed by atoms with Gasteiger partial charge in [0.15, 0.2) is 0 Å². The van der Waals surface area contributed by atoms with E-state index in [9.17, 15) is 13.2 Å². The van der Waals surface area contributed by atoms with Crippen LogP contribution in [0.3, 0.4) is 0 Å². The van der Waals surface area contributed by atoms with Crippen LogP contribution in [-0.2, 0) is 14.8 Å². The maximum atomic E-state index is 12.1. The number of benzene rings is 1. The molecule has 0 heterocycles. The average Bonchev–Trinajstić information content (AvgIpc) is 3.00. The summed E-state index contributed by atoms with van der Waals surface area (Å²) in [6.07, 6.45) is 2.89. The first-order valence-corrected chi connectivity index (χ1v) is 9.46. The van der Waals surface area contributed by atoms with E-state index in [1.165, 1.54) is 0 Å². The first kappa shape index (κ1) is 17.9. The zero-order chi connectivity index (χ0) is 16.9. The molecule has 1 aromatic carbocycles. The van der Waals surface area contributed by atoms with Gasteiger partial charge in [-0.25, -0.2) is 13.1 Å². The summed E-state index contributed by atoms with van der Waals surface area (Å²) in [7, 11) is -3.53. The van der Waals surface area contributed by atoms with Crippen molar-refractivity contribution in [1.29, 1.82) is 0 Å². The topological polar surface area (TPSA) is 101 Å². The van der Waals surface area contributed by atoms with E-state index in [2.05, 4.69) is 10.0 Å². The molecule has 0 bridgehead atoms. The Balaban J connectivity index is 1.78. The maximum absolute atomic E-state index is 12.1. The van der Waals surface area contributed by atoms with Gasteiger partial charge in [-0.2, -0.15) is 0 Å². The second-order valence-corrected chi connectivity index (χ2v) is 7.80. The molecule has 0 aliphatic heterocycles. The summed E-state index contributed by atoms with van der Waals surface area (Å²) in [6, 6.07) is 6.65. The highest BCUT2D eigenvalue weighted by atomic mass is 32.2. The van der Waals surface area contributed by atoms with Gasteiger partial charge >= 0.3 is 0 Å². The predicted octanol–water partition coefficient (Wildman–Crippen LogP) is 0.765. The molecule has 0 aromatic heterocycles. The van der Waals surface area contributed by atoms with Gasteiger partial charge in [-0.15, -0.1) is 0 Å². The smallest absolute Gasteiger partial charge is 0.240 e. The maximum Gasteiger partial charge on any atom is 0.240 e. The van der Waals surface area contributed by atoms with Crippen molar-refractivity contribution in [3.05, 3.63) is 29.8 Å². The zero-order valence-corrected chi connectivity index (χ0v) is 14.2. The third-order valence-electron chi connectivity index (χ3n) is 4.35. The number of aryl methyl sites for hydroxylation is 1. The van der Waals surface area contributed by atoms with Gasteiger partial charge in [-0.3, -0.25) is 4.79 Å². The van der Waals surface area contributed by atoms with Crippen LogP contribution in [0.1, 0.15) is 24.8 Å².